The highest BCUT2D eigenvalue weighted by atomic mass is 79.9. The zero-order valence-corrected chi connectivity index (χ0v) is 18.1. The average Bonchev–Trinajstić information content (AvgIpc) is 3.25. The summed E-state index contributed by atoms with van der Waals surface area (Å²) >= 11 is 4.73. The number of rotatable bonds is 5. The van der Waals surface area contributed by atoms with Gasteiger partial charge in [0.15, 0.2) is 6.61 Å². The number of carbonyl (C=O) groups excluding carboxylic acids is 1. The Kier molecular flexibility index (Phi) is 6.47. The number of hydrogen-bond acceptors (Lipinski definition) is 6. The standard InChI is InChI=1S/C23H15BrN2O3S/c24-18-12-10-17(11-13-18)21-25-26-23(29-21)30-15-4-3-14-28-22(27)20-9-5-7-16-6-1-2-8-19(16)20/h1-2,5-13H,14-15H2. The van der Waals surface area contributed by atoms with E-state index in [0.717, 1.165) is 20.8 Å². The number of carbonyl (C=O) groups is 1. The van der Waals surface area contributed by atoms with E-state index in [1.807, 2.05) is 60.7 Å². The van der Waals surface area contributed by atoms with Gasteiger partial charge in [0, 0.05) is 10.0 Å². The van der Waals surface area contributed by atoms with Crippen LogP contribution in [0.2, 0.25) is 0 Å². The van der Waals surface area contributed by atoms with Crippen LogP contribution in [0.4, 0.5) is 0 Å². The first-order valence-corrected chi connectivity index (χ1v) is 10.8. The summed E-state index contributed by atoms with van der Waals surface area (Å²) in [4.78, 5) is 12.3. The minimum atomic E-state index is -0.384. The van der Waals surface area contributed by atoms with E-state index >= 15 is 0 Å². The maximum absolute atomic E-state index is 12.3. The van der Waals surface area contributed by atoms with Crippen LogP contribution in [-0.2, 0) is 4.74 Å². The molecule has 1 heterocycles. The smallest absolute Gasteiger partial charge is 0.339 e. The second-order valence-electron chi connectivity index (χ2n) is 6.13. The molecule has 0 aliphatic heterocycles. The molecule has 0 spiro atoms. The van der Waals surface area contributed by atoms with Crippen LogP contribution in [0.1, 0.15) is 10.4 Å². The SMILES string of the molecule is O=C(OCC#CCSc1nnc(-c2ccc(Br)cc2)o1)c1cccc2ccccc12. The maximum atomic E-state index is 12.3. The normalized spacial score (nSPS) is 10.4. The Morgan fingerprint density at radius 3 is 2.67 bits per heavy atom. The van der Waals surface area contributed by atoms with Crippen LogP contribution in [0.3, 0.4) is 0 Å². The minimum Gasteiger partial charge on any atom is -0.449 e. The third kappa shape index (κ3) is 4.90. The lowest BCUT2D eigenvalue weighted by molar-refractivity contribution is 0.0559. The van der Waals surface area contributed by atoms with E-state index in [0.29, 0.717) is 22.4 Å². The second-order valence-corrected chi connectivity index (χ2v) is 7.97. The number of thioether (sulfide) groups is 1. The zero-order chi connectivity index (χ0) is 20.8. The van der Waals surface area contributed by atoms with Crippen molar-refractivity contribution >= 4 is 44.4 Å². The minimum absolute atomic E-state index is 0.0244. The van der Waals surface area contributed by atoms with E-state index in [1.54, 1.807) is 6.07 Å². The van der Waals surface area contributed by atoms with Gasteiger partial charge in [0.2, 0.25) is 5.89 Å². The molecule has 5 nitrogen and oxygen atoms in total. The Balaban J connectivity index is 1.28. The predicted molar refractivity (Wildman–Crippen MR) is 120 cm³/mol. The third-order valence-corrected chi connectivity index (χ3v) is 5.40. The van der Waals surface area contributed by atoms with Gasteiger partial charge in [-0.05, 0) is 41.1 Å². The Hall–Kier alpha value is -3.08. The van der Waals surface area contributed by atoms with Gasteiger partial charge in [-0.2, -0.15) is 0 Å². The first-order valence-electron chi connectivity index (χ1n) is 9.03. The van der Waals surface area contributed by atoms with Crippen LogP contribution >= 0.6 is 27.7 Å². The molecule has 3 aromatic carbocycles. The number of aromatic nitrogens is 2. The quantitative estimate of drug-likeness (QED) is 0.211. The summed E-state index contributed by atoms with van der Waals surface area (Å²) in [5, 5.41) is 10.4. The van der Waals surface area contributed by atoms with E-state index < -0.39 is 0 Å². The van der Waals surface area contributed by atoms with E-state index in [1.165, 1.54) is 11.8 Å². The Labute approximate surface area is 186 Å². The van der Waals surface area contributed by atoms with E-state index in [9.17, 15) is 4.79 Å². The number of benzene rings is 3. The summed E-state index contributed by atoms with van der Waals surface area (Å²) in [5.74, 6) is 6.30. The maximum Gasteiger partial charge on any atom is 0.339 e. The molecule has 0 aliphatic carbocycles. The van der Waals surface area contributed by atoms with Gasteiger partial charge < -0.3 is 9.15 Å². The summed E-state index contributed by atoms with van der Waals surface area (Å²) in [6, 6.07) is 20.9. The van der Waals surface area contributed by atoms with Crippen LogP contribution in [0.5, 0.6) is 0 Å². The monoisotopic (exact) mass is 478 g/mol. The molecular formula is C23H15BrN2O3S. The number of fused-ring (bicyclic) bond motifs is 1. The molecule has 7 heteroatoms. The number of hydrogen-bond donors (Lipinski definition) is 0. The number of esters is 1. The fourth-order valence-corrected chi connectivity index (χ4v) is 3.56. The largest absolute Gasteiger partial charge is 0.449 e. The van der Waals surface area contributed by atoms with E-state index in [4.69, 9.17) is 9.15 Å². The first kappa shape index (κ1) is 20.2. The summed E-state index contributed by atoms with van der Waals surface area (Å²) in [6.45, 7) is 0.0244. The lowest BCUT2D eigenvalue weighted by atomic mass is 10.1. The van der Waals surface area contributed by atoms with Crippen molar-refractivity contribution in [3.63, 3.8) is 0 Å². The highest BCUT2D eigenvalue weighted by Crippen LogP contribution is 2.24. The van der Waals surface area contributed by atoms with Crippen molar-refractivity contribution in [2.24, 2.45) is 0 Å². The highest BCUT2D eigenvalue weighted by molar-refractivity contribution is 9.10. The highest BCUT2D eigenvalue weighted by Gasteiger charge is 2.10. The van der Waals surface area contributed by atoms with Crippen LogP contribution < -0.4 is 0 Å². The van der Waals surface area contributed by atoms with Crippen LogP contribution in [0.25, 0.3) is 22.2 Å². The molecule has 0 unspecified atom stereocenters. The Bertz CT molecular complexity index is 1240. The molecule has 0 amide bonds. The fraction of sp³-hybridized carbons (Fsp3) is 0.0870. The van der Waals surface area contributed by atoms with Crippen molar-refractivity contribution in [3.05, 3.63) is 76.8 Å². The van der Waals surface area contributed by atoms with Crippen molar-refractivity contribution in [2.45, 2.75) is 5.22 Å². The van der Waals surface area contributed by atoms with E-state index in [2.05, 4.69) is 38.0 Å². The second kappa shape index (κ2) is 9.61. The van der Waals surface area contributed by atoms with Crippen molar-refractivity contribution in [2.75, 3.05) is 12.4 Å². The molecule has 148 valence electrons. The molecule has 0 saturated carbocycles. The Morgan fingerprint density at radius 1 is 1.00 bits per heavy atom. The van der Waals surface area contributed by atoms with Crippen molar-refractivity contribution < 1.29 is 13.9 Å². The van der Waals surface area contributed by atoms with Crippen molar-refractivity contribution in [3.8, 4) is 23.3 Å². The van der Waals surface area contributed by atoms with Gasteiger partial charge in [-0.1, -0.05) is 75.9 Å². The fourth-order valence-electron chi connectivity index (χ4n) is 2.76. The molecule has 4 aromatic rings. The van der Waals surface area contributed by atoms with Crippen LogP contribution in [0, 0.1) is 11.8 Å². The molecular weight excluding hydrogens is 464 g/mol. The summed E-state index contributed by atoms with van der Waals surface area (Å²) in [6.07, 6.45) is 0. The summed E-state index contributed by atoms with van der Waals surface area (Å²) in [5.41, 5.74) is 1.39. The number of nitrogens with zero attached hydrogens (tertiary/aromatic N) is 2. The third-order valence-electron chi connectivity index (χ3n) is 4.18. The molecule has 0 fully saturated rings. The lowest BCUT2D eigenvalue weighted by Gasteiger charge is -2.05. The van der Waals surface area contributed by atoms with Crippen molar-refractivity contribution in [1.29, 1.82) is 0 Å². The first-order chi connectivity index (χ1) is 14.7. The van der Waals surface area contributed by atoms with E-state index in [-0.39, 0.29) is 12.6 Å². The summed E-state index contributed by atoms with van der Waals surface area (Å²) < 4.78 is 11.9. The topological polar surface area (TPSA) is 65.2 Å². The molecule has 1 aromatic heterocycles. The van der Waals surface area contributed by atoms with Gasteiger partial charge in [0.25, 0.3) is 5.22 Å². The van der Waals surface area contributed by atoms with Crippen LogP contribution in [0.15, 0.2) is 80.8 Å². The molecule has 0 saturated heterocycles. The van der Waals surface area contributed by atoms with Gasteiger partial charge in [0.1, 0.15) is 0 Å². The van der Waals surface area contributed by atoms with Gasteiger partial charge in [-0.25, -0.2) is 4.79 Å². The number of ether oxygens (including phenoxy) is 1. The number of halogens is 1. The molecule has 4 rings (SSSR count). The molecule has 30 heavy (non-hydrogen) atoms. The molecule has 0 bridgehead atoms. The van der Waals surface area contributed by atoms with Gasteiger partial charge in [-0.15, -0.1) is 10.2 Å². The summed E-state index contributed by atoms with van der Waals surface area (Å²) in [7, 11) is 0. The zero-order valence-electron chi connectivity index (χ0n) is 15.7. The molecule has 0 N–H and O–H groups in total. The lowest BCUT2D eigenvalue weighted by Crippen LogP contribution is -2.06. The molecule has 0 aliphatic rings. The molecule has 0 atom stereocenters. The molecule has 0 radical (unpaired) electrons. The van der Waals surface area contributed by atoms with Gasteiger partial charge in [0.05, 0.1) is 11.3 Å². The Morgan fingerprint density at radius 2 is 1.80 bits per heavy atom. The van der Waals surface area contributed by atoms with Crippen LogP contribution in [-0.4, -0.2) is 28.5 Å². The van der Waals surface area contributed by atoms with Gasteiger partial charge in [-0.3, -0.25) is 0 Å². The van der Waals surface area contributed by atoms with Gasteiger partial charge >= 0.3 is 5.97 Å². The average molecular weight is 479 g/mol. The van der Waals surface area contributed by atoms with Crippen molar-refractivity contribution in [1.82, 2.24) is 10.2 Å². The predicted octanol–water partition coefficient (Wildman–Crippen LogP) is 5.60.